The minimum atomic E-state index is -2.64. The summed E-state index contributed by atoms with van der Waals surface area (Å²) in [5, 5.41) is 47.8. The van der Waals surface area contributed by atoms with Crippen LogP contribution in [0.15, 0.2) is 53.1 Å². The molecule has 0 radical (unpaired) electrons. The quantitative estimate of drug-likeness (QED) is 0.268. The second-order valence-corrected chi connectivity index (χ2v) is 10.4. The lowest BCUT2D eigenvalue weighted by Crippen LogP contribution is -2.63. The number of nitrogens with zero attached hydrogens (tertiary/aromatic N) is 1. The molecular formula is C27H30N4O7. The van der Waals surface area contributed by atoms with Gasteiger partial charge in [-0.1, -0.05) is 6.07 Å². The van der Waals surface area contributed by atoms with Gasteiger partial charge in [-0.05, 0) is 62.2 Å². The minimum Gasteiger partial charge on any atom is -0.510 e. The number of H-pyrrole nitrogens is 1. The van der Waals surface area contributed by atoms with Crippen LogP contribution in [0.5, 0.6) is 5.75 Å². The number of carbonyl (C=O) groups excluding carboxylic acids is 3. The van der Waals surface area contributed by atoms with Crippen LogP contribution in [0.3, 0.4) is 0 Å². The van der Waals surface area contributed by atoms with Crippen molar-refractivity contribution in [1.82, 2.24) is 15.2 Å². The van der Waals surface area contributed by atoms with Gasteiger partial charge in [-0.2, -0.15) is 0 Å². The summed E-state index contributed by atoms with van der Waals surface area (Å²) in [6.45, 7) is 0.964. The van der Waals surface area contributed by atoms with Gasteiger partial charge in [0, 0.05) is 36.5 Å². The number of aromatic hydroxyl groups is 1. The molecule has 3 aliphatic rings. The van der Waals surface area contributed by atoms with Crippen LogP contribution < -0.4 is 11.1 Å². The number of hydrogen-bond donors (Lipinski definition) is 7. The number of aromatic amines is 1. The summed E-state index contributed by atoms with van der Waals surface area (Å²) in [7, 11) is 3.19. The number of phenolic OH excluding ortho intramolecular Hbond substituents is 1. The Balaban J connectivity index is 1.58. The number of likely N-dealkylation sites (N-methyl/N-ethyl adjacent to an activating group) is 1. The lowest BCUT2D eigenvalue weighted by Gasteiger charge is -2.50. The van der Waals surface area contributed by atoms with Crippen molar-refractivity contribution >= 4 is 17.5 Å². The molecule has 11 heteroatoms. The molecule has 38 heavy (non-hydrogen) atoms. The number of primary amides is 1. The second-order valence-electron chi connectivity index (χ2n) is 10.4. The molecule has 1 amide bonds. The zero-order valence-electron chi connectivity index (χ0n) is 21.0. The summed E-state index contributed by atoms with van der Waals surface area (Å²) in [5.41, 5.74) is 4.11. The van der Waals surface area contributed by atoms with Crippen LogP contribution in [-0.2, 0) is 29.1 Å². The standard InChI is InChI=1S/C27H30N4O7/c1-31(2)21-16-9-13-8-15-12(10-29-11-14-4-3-7-30-14)5-6-17(32)19(15)22(33)18(13)24(35)27(16,38)25(36)20(23(21)34)26(28)37/h3-7,13,16,21,29-30,32,34-35,38H,8-11H2,1-2H3,(H2,28,37)/t13-,16-,21-,27-/m0/s1. The third-order valence-corrected chi connectivity index (χ3v) is 8.00. The number of amides is 1. The predicted molar refractivity (Wildman–Crippen MR) is 135 cm³/mol. The Hall–Kier alpha value is -3.93. The number of ketones is 2. The molecule has 8 N–H and O–H groups in total. The Morgan fingerprint density at radius 3 is 2.55 bits per heavy atom. The molecule has 0 unspecified atom stereocenters. The van der Waals surface area contributed by atoms with Crippen LogP contribution in [0.1, 0.15) is 33.6 Å². The molecule has 11 nitrogen and oxygen atoms in total. The highest BCUT2D eigenvalue weighted by Gasteiger charge is 2.63. The van der Waals surface area contributed by atoms with Crippen LogP contribution >= 0.6 is 0 Å². The van der Waals surface area contributed by atoms with Gasteiger partial charge in [0.15, 0.2) is 11.4 Å². The number of Topliss-reactive ketones (excluding diaryl/α,β-unsaturated/α-hetero) is 2. The number of nitrogens with one attached hydrogen (secondary N) is 2. The average molecular weight is 523 g/mol. The maximum absolute atomic E-state index is 13.7. The van der Waals surface area contributed by atoms with Gasteiger partial charge >= 0.3 is 0 Å². The number of nitrogens with two attached hydrogens (primary N) is 1. The van der Waals surface area contributed by atoms with Gasteiger partial charge in [0.1, 0.15) is 22.8 Å². The summed E-state index contributed by atoms with van der Waals surface area (Å²) >= 11 is 0. The lowest BCUT2D eigenvalue weighted by molar-refractivity contribution is -0.148. The first kappa shape index (κ1) is 25.7. The van der Waals surface area contributed by atoms with E-state index in [9.17, 15) is 34.8 Å². The summed E-state index contributed by atoms with van der Waals surface area (Å²) in [6.07, 6.45) is 2.12. The van der Waals surface area contributed by atoms with E-state index in [1.54, 1.807) is 20.2 Å². The normalized spacial score (nSPS) is 26.9. The molecule has 0 fully saturated rings. The Kier molecular flexibility index (Phi) is 6.17. The van der Waals surface area contributed by atoms with Gasteiger partial charge in [-0.25, -0.2) is 0 Å². The molecule has 0 saturated heterocycles. The van der Waals surface area contributed by atoms with Crippen LogP contribution in [-0.4, -0.2) is 73.5 Å². The molecule has 200 valence electrons. The van der Waals surface area contributed by atoms with E-state index in [2.05, 4.69) is 10.3 Å². The molecule has 1 heterocycles. The van der Waals surface area contributed by atoms with Gasteiger partial charge in [0.25, 0.3) is 5.91 Å². The van der Waals surface area contributed by atoms with Gasteiger partial charge < -0.3 is 36.5 Å². The first-order valence-corrected chi connectivity index (χ1v) is 12.3. The number of carbonyl (C=O) groups is 3. The number of fused-ring (bicyclic) bond motifs is 3. The van der Waals surface area contributed by atoms with Crippen molar-refractivity contribution in [3.8, 4) is 5.75 Å². The molecule has 5 rings (SSSR count). The smallest absolute Gasteiger partial charge is 0.255 e. The highest BCUT2D eigenvalue weighted by molar-refractivity contribution is 6.24. The first-order chi connectivity index (χ1) is 18.0. The molecule has 4 atom stereocenters. The molecule has 3 aliphatic carbocycles. The Labute approximate surface area is 218 Å². The molecule has 2 aromatic rings. The minimum absolute atomic E-state index is 0.00459. The fraction of sp³-hybridized carbons (Fsp3) is 0.370. The predicted octanol–water partition coefficient (Wildman–Crippen LogP) is 0.739. The number of benzene rings is 1. The van der Waals surface area contributed by atoms with E-state index < -0.39 is 58.0 Å². The van der Waals surface area contributed by atoms with Crippen molar-refractivity contribution in [3.05, 3.63) is 75.5 Å². The van der Waals surface area contributed by atoms with Gasteiger partial charge in [-0.3, -0.25) is 19.3 Å². The second kappa shape index (κ2) is 9.12. The van der Waals surface area contributed by atoms with E-state index in [0.29, 0.717) is 18.7 Å². The van der Waals surface area contributed by atoms with Crippen LogP contribution in [0, 0.1) is 11.8 Å². The van der Waals surface area contributed by atoms with Crippen molar-refractivity contribution in [1.29, 1.82) is 0 Å². The van der Waals surface area contributed by atoms with E-state index in [-0.39, 0.29) is 29.7 Å². The summed E-state index contributed by atoms with van der Waals surface area (Å²) in [5.74, 6) is -6.59. The van der Waals surface area contributed by atoms with Crippen LogP contribution in [0.2, 0.25) is 0 Å². The van der Waals surface area contributed by atoms with Crippen molar-refractivity contribution in [3.63, 3.8) is 0 Å². The average Bonchev–Trinajstić information content (AvgIpc) is 3.36. The molecule has 0 saturated carbocycles. The fourth-order valence-electron chi connectivity index (χ4n) is 6.29. The highest BCUT2D eigenvalue weighted by Crippen LogP contribution is 2.52. The van der Waals surface area contributed by atoms with Crippen molar-refractivity contribution in [2.75, 3.05) is 14.1 Å². The van der Waals surface area contributed by atoms with Crippen LogP contribution in [0.25, 0.3) is 0 Å². The summed E-state index contributed by atoms with van der Waals surface area (Å²) in [4.78, 5) is 43.7. The van der Waals surface area contributed by atoms with E-state index in [0.717, 1.165) is 11.3 Å². The van der Waals surface area contributed by atoms with Crippen molar-refractivity contribution in [2.45, 2.75) is 37.6 Å². The Bertz CT molecular complexity index is 1410. The Morgan fingerprint density at radius 1 is 1.18 bits per heavy atom. The van der Waals surface area contributed by atoms with Crippen molar-refractivity contribution < 1.29 is 34.8 Å². The monoisotopic (exact) mass is 522 g/mol. The fourth-order valence-corrected chi connectivity index (χ4v) is 6.29. The highest BCUT2D eigenvalue weighted by atomic mass is 16.3. The first-order valence-electron chi connectivity index (χ1n) is 12.3. The third kappa shape index (κ3) is 3.65. The molecular weight excluding hydrogens is 492 g/mol. The van der Waals surface area contributed by atoms with Gasteiger partial charge in [0.05, 0.1) is 11.6 Å². The maximum Gasteiger partial charge on any atom is 0.255 e. The SMILES string of the molecule is CN(C)[C@@H]1C(O)=C(C(N)=O)C(=O)[C@@]2(O)C(O)=C3C(=O)c4c(O)ccc(CNCc5ccc[nH]5)c4C[C@H]3C[C@@H]12. The van der Waals surface area contributed by atoms with E-state index in [1.165, 1.54) is 11.0 Å². The largest absolute Gasteiger partial charge is 0.510 e. The number of hydrogen-bond acceptors (Lipinski definition) is 9. The number of aromatic nitrogens is 1. The Morgan fingerprint density at radius 2 is 1.92 bits per heavy atom. The molecule has 0 bridgehead atoms. The number of phenols is 1. The van der Waals surface area contributed by atoms with Gasteiger partial charge in [0.2, 0.25) is 5.78 Å². The lowest BCUT2D eigenvalue weighted by atomic mass is 9.58. The number of rotatable bonds is 6. The van der Waals surface area contributed by atoms with E-state index in [1.807, 2.05) is 18.3 Å². The van der Waals surface area contributed by atoms with E-state index >= 15 is 0 Å². The number of aliphatic hydroxyl groups excluding tert-OH is 2. The summed E-state index contributed by atoms with van der Waals surface area (Å²) in [6, 6.07) is 5.94. The van der Waals surface area contributed by atoms with Crippen molar-refractivity contribution in [2.24, 2.45) is 17.6 Å². The summed E-state index contributed by atoms with van der Waals surface area (Å²) < 4.78 is 0. The number of aliphatic hydroxyl groups is 3. The number of allylic oxidation sites excluding steroid dienone is 1. The van der Waals surface area contributed by atoms with Crippen LogP contribution in [0.4, 0.5) is 0 Å². The molecule has 0 aliphatic heterocycles. The molecule has 1 aromatic heterocycles. The maximum atomic E-state index is 13.7. The van der Waals surface area contributed by atoms with E-state index in [4.69, 9.17) is 5.73 Å². The van der Waals surface area contributed by atoms with Gasteiger partial charge in [-0.15, -0.1) is 0 Å². The molecule has 0 spiro atoms. The zero-order valence-corrected chi connectivity index (χ0v) is 21.0. The zero-order chi connectivity index (χ0) is 27.5. The topological polar surface area (TPSA) is 189 Å². The third-order valence-electron chi connectivity index (χ3n) is 8.00. The molecule has 1 aromatic carbocycles.